The molecule has 0 radical (unpaired) electrons. The highest BCUT2D eigenvalue weighted by molar-refractivity contribution is 6.17. The summed E-state index contributed by atoms with van der Waals surface area (Å²) >= 11 is 5.67. The molecule has 0 aromatic heterocycles. The molecule has 1 aromatic carbocycles. The number of hydrogen-bond donors (Lipinski definition) is 1. The zero-order chi connectivity index (χ0) is 9.84. The fourth-order valence-electron chi connectivity index (χ4n) is 1.18. The van der Waals surface area contributed by atoms with Gasteiger partial charge in [-0.15, -0.1) is 11.6 Å². The molecule has 0 saturated heterocycles. The molecule has 0 bridgehead atoms. The van der Waals surface area contributed by atoms with Crippen molar-refractivity contribution in [1.29, 1.82) is 0 Å². The van der Waals surface area contributed by atoms with E-state index in [4.69, 9.17) is 11.6 Å². The molecule has 2 nitrogen and oxygen atoms in total. The standard InChI is InChI=1S/C10H11ClO2/c1-7(12)4-9-5-10(13)3-2-8(9)6-11/h2-3,5,13H,4,6H2,1H3. The van der Waals surface area contributed by atoms with Crippen molar-refractivity contribution in [3.8, 4) is 5.75 Å². The Balaban J connectivity index is 3.01. The molecule has 13 heavy (non-hydrogen) atoms. The molecule has 1 aromatic rings. The highest BCUT2D eigenvalue weighted by Crippen LogP contribution is 2.18. The Morgan fingerprint density at radius 3 is 2.69 bits per heavy atom. The van der Waals surface area contributed by atoms with Crippen LogP contribution in [0.1, 0.15) is 18.1 Å². The lowest BCUT2D eigenvalue weighted by atomic mass is 10.0. The lowest BCUT2D eigenvalue weighted by Crippen LogP contribution is -1.99. The monoisotopic (exact) mass is 198 g/mol. The van der Waals surface area contributed by atoms with Crippen molar-refractivity contribution in [1.82, 2.24) is 0 Å². The predicted molar refractivity (Wildman–Crippen MR) is 52.0 cm³/mol. The van der Waals surface area contributed by atoms with Gasteiger partial charge >= 0.3 is 0 Å². The van der Waals surface area contributed by atoms with E-state index in [-0.39, 0.29) is 11.5 Å². The van der Waals surface area contributed by atoms with E-state index in [2.05, 4.69) is 0 Å². The minimum absolute atomic E-state index is 0.0666. The van der Waals surface area contributed by atoms with Gasteiger partial charge in [-0.2, -0.15) is 0 Å². The summed E-state index contributed by atoms with van der Waals surface area (Å²) in [5.74, 6) is 0.602. The number of benzene rings is 1. The average Bonchev–Trinajstić information content (AvgIpc) is 2.03. The fourth-order valence-corrected chi connectivity index (χ4v) is 1.44. The van der Waals surface area contributed by atoms with Crippen LogP contribution in [0, 0.1) is 0 Å². The van der Waals surface area contributed by atoms with Crippen molar-refractivity contribution in [3.05, 3.63) is 29.3 Å². The van der Waals surface area contributed by atoms with Crippen LogP contribution in [0.15, 0.2) is 18.2 Å². The van der Waals surface area contributed by atoms with Crippen molar-refractivity contribution >= 4 is 17.4 Å². The average molecular weight is 199 g/mol. The summed E-state index contributed by atoms with van der Waals surface area (Å²) in [7, 11) is 0. The third kappa shape index (κ3) is 2.74. The smallest absolute Gasteiger partial charge is 0.134 e. The predicted octanol–water partition coefficient (Wildman–Crippen LogP) is 2.26. The van der Waals surface area contributed by atoms with E-state index in [0.29, 0.717) is 12.3 Å². The largest absolute Gasteiger partial charge is 0.508 e. The maximum atomic E-state index is 10.9. The molecule has 0 saturated carbocycles. The number of rotatable bonds is 3. The van der Waals surface area contributed by atoms with Crippen molar-refractivity contribution in [2.75, 3.05) is 0 Å². The van der Waals surface area contributed by atoms with E-state index in [1.54, 1.807) is 18.2 Å². The normalized spacial score (nSPS) is 10.0. The summed E-state index contributed by atoms with van der Waals surface area (Å²) in [4.78, 5) is 10.9. The first kappa shape index (κ1) is 10.1. The summed E-state index contributed by atoms with van der Waals surface area (Å²) in [5, 5.41) is 9.19. The summed E-state index contributed by atoms with van der Waals surface area (Å²) in [6.07, 6.45) is 0.330. The van der Waals surface area contributed by atoms with Crippen molar-refractivity contribution in [2.45, 2.75) is 19.2 Å². The molecule has 0 amide bonds. The molecular formula is C10H11ClO2. The Morgan fingerprint density at radius 1 is 1.46 bits per heavy atom. The Bertz CT molecular complexity index is 321. The molecule has 1 N–H and O–H groups in total. The number of Topliss-reactive ketones (excluding diaryl/α,β-unsaturated/α-hetero) is 1. The first-order valence-electron chi connectivity index (χ1n) is 3.99. The summed E-state index contributed by atoms with van der Waals surface area (Å²) in [6, 6.07) is 4.89. The third-order valence-electron chi connectivity index (χ3n) is 1.77. The highest BCUT2D eigenvalue weighted by Gasteiger charge is 2.04. The van der Waals surface area contributed by atoms with Gasteiger partial charge in [0.25, 0.3) is 0 Å². The summed E-state index contributed by atoms with van der Waals surface area (Å²) in [6.45, 7) is 1.52. The Morgan fingerprint density at radius 2 is 2.15 bits per heavy atom. The first-order chi connectivity index (χ1) is 6.13. The molecule has 0 spiro atoms. The van der Waals surface area contributed by atoms with Crippen LogP contribution >= 0.6 is 11.6 Å². The molecule has 0 atom stereocenters. The van der Waals surface area contributed by atoms with E-state index in [9.17, 15) is 9.90 Å². The Kier molecular flexibility index (Phi) is 3.32. The second kappa shape index (κ2) is 4.28. The maximum Gasteiger partial charge on any atom is 0.134 e. The Labute approximate surface area is 82.2 Å². The van der Waals surface area contributed by atoms with Crippen LogP contribution in [0.2, 0.25) is 0 Å². The highest BCUT2D eigenvalue weighted by atomic mass is 35.5. The summed E-state index contributed by atoms with van der Waals surface area (Å²) in [5.41, 5.74) is 1.71. The number of phenols is 1. The van der Waals surface area contributed by atoms with Gasteiger partial charge in [0.1, 0.15) is 11.5 Å². The van der Waals surface area contributed by atoms with E-state index in [0.717, 1.165) is 11.1 Å². The van der Waals surface area contributed by atoms with Gasteiger partial charge in [-0.1, -0.05) is 6.07 Å². The van der Waals surface area contributed by atoms with E-state index >= 15 is 0 Å². The third-order valence-corrected chi connectivity index (χ3v) is 2.06. The number of halogens is 1. The van der Waals surface area contributed by atoms with Gasteiger partial charge in [-0.05, 0) is 30.2 Å². The van der Waals surface area contributed by atoms with Crippen LogP contribution < -0.4 is 0 Å². The zero-order valence-electron chi connectivity index (χ0n) is 7.38. The molecule has 0 fully saturated rings. The van der Waals surface area contributed by atoms with Gasteiger partial charge in [-0.3, -0.25) is 4.79 Å². The van der Waals surface area contributed by atoms with Crippen molar-refractivity contribution < 1.29 is 9.90 Å². The van der Waals surface area contributed by atoms with Gasteiger partial charge in [-0.25, -0.2) is 0 Å². The molecule has 1 rings (SSSR count). The number of carbonyl (C=O) groups excluding carboxylic acids is 1. The number of alkyl halides is 1. The van der Waals surface area contributed by atoms with Crippen molar-refractivity contribution in [3.63, 3.8) is 0 Å². The molecule has 0 aliphatic heterocycles. The SMILES string of the molecule is CC(=O)Cc1cc(O)ccc1CCl. The molecule has 0 unspecified atom stereocenters. The number of hydrogen-bond acceptors (Lipinski definition) is 2. The number of carbonyl (C=O) groups is 1. The molecule has 0 heterocycles. The number of phenolic OH excluding ortho intramolecular Hbond substituents is 1. The number of aromatic hydroxyl groups is 1. The second-order valence-electron chi connectivity index (χ2n) is 2.97. The van der Waals surface area contributed by atoms with Gasteiger partial charge in [0.05, 0.1) is 0 Å². The van der Waals surface area contributed by atoms with Crippen LogP contribution in [0.25, 0.3) is 0 Å². The topological polar surface area (TPSA) is 37.3 Å². The molecule has 0 aliphatic rings. The molecular weight excluding hydrogens is 188 g/mol. The number of ketones is 1. The summed E-state index contributed by atoms with van der Waals surface area (Å²) < 4.78 is 0. The van der Waals surface area contributed by atoms with Crippen LogP contribution in [-0.4, -0.2) is 10.9 Å². The van der Waals surface area contributed by atoms with Crippen LogP contribution in [-0.2, 0) is 17.1 Å². The molecule has 70 valence electrons. The maximum absolute atomic E-state index is 10.9. The molecule has 3 heteroatoms. The lowest BCUT2D eigenvalue weighted by Gasteiger charge is -2.05. The van der Waals surface area contributed by atoms with Gasteiger partial charge in [0.2, 0.25) is 0 Å². The minimum atomic E-state index is 0.0666. The second-order valence-corrected chi connectivity index (χ2v) is 3.23. The van der Waals surface area contributed by atoms with Gasteiger partial charge in [0.15, 0.2) is 0 Å². The van der Waals surface area contributed by atoms with Crippen LogP contribution in [0.5, 0.6) is 5.75 Å². The Hall–Kier alpha value is -1.02. The van der Waals surface area contributed by atoms with Gasteiger partial charge < -0.3 is 5.11 Å². The van der Waals surface area contributed by atoms with E-state index in [1.165, 1.54) is 6.92 Å². The van der Waals surface area contributed by atoms with Gasteiger partial charge in [0, 0.05) is 12.3 Å². The van der Waals surface area contributed by atoms with Crippen LogP contribution in [0.4, 0.5) is 0 Å². The van der Waals surface area contributed by atoms with E-state index in [1.807, 2.05) is 0 Å². The first-order valence-corrected chi connectivity index (χ1v) is 4.53. The minimum Gasteiger partial charge on any atom is -0.508 e. The van der Waals surface area contributed by atoms with Crippen molar-refractivity contribution in [2.24, 2.45) is 0 Å². The van der Waals surface area contributed by atoms with Crippen LogP contribution in [0.3, 0.4) is 0 Å². The quantitative estimate of drug-likeness (QED) is 0.757. The molecule has 0 aliphatic carbocycles. The lowest BCUT2D eigenvalue weighted by molar-refractivity contribution is -0.116. The zero-order valence-corrected chi connectivity index (χ0v) is 8.14. The fraction of sp³-hybridized carbons (Fsp3) is 0.300. The van der Waals surface area contributed by atoms with E-state index < -0.39 is 0 Å².